The predicted molar refractivity (Wildman–Crippen MR) is 83.2 cm³/mol. The van der Waals surface area contributed by atoms with Crippen LogP contribution in [-0.4, -0.2) is 24.7 Å². The number of nitrogens with zero attached hydrogens (tertiary/aromatic N) is 1. The number of fused-ring (bicyclic) bond motifs is 5. The fourth-order valence-corrected chi connectivity index (χ4v) is 4.22. The highest BCUT2D eigenvalue weighted by Crippen LogP contribution is 2.53. The lowest BCUT2D eigenvalue weighted by molar-refractivity contribution is -0.123. The van der Waals surface area contributed by atoms with Gasteiger partial charge in [-0.05, 0) is 43.4 Å². The van der Waals surface area contributed by atoms with E-state index < -0.39 is 0 Å². The molecule has 1 aliphatic heterocycles. The molecule has 3 aliphatic rings. The number of methoxy groups -OCH3 is 1. The Morgan fingerprint density at radius 3 is 2.26 bits per heavy atom. The monoisotopic (exact) mass is 311 g/mol. The molecule has 23 heavy (non-hydrogen) atoms. The number of ketones is 1. The number of benzene rings is 1. The van der Waals surface area contributed by atoms with Crippen LogP contribution < -0.4 is 9.64 Å². The van der Waals surface area contributed by atoms with Crippen LogP contribution in [0, 0.1) is 23.7 Å². The summed E-state index contributed by atoms with van der Waals surface area (Å²) in [5.41, 5.74) is 0.837. The van der Waals surface area contributed by atoms with Crippen LogP contribution in [0.4, 0.5) is 5.69 Å². The third kappa shape index (κ3) is 1.82. The third-order valence-electron chi connectivity index (χ3n) is 5.30. The van der Waals surface area contributed by atoms with Gasteiger partial charge in [-0.2, -0.15) is 0 Å². The van der Waals surface area contributed by atoms with Gasteiger partial charge >= 0.3 is 0 Å². The number of hydrogen-bond acceptors (Lipinski definition) is 4. The lowest BCUT2D eigenvalue weighted by Gasteiger charge is -2.20. The molecular weight excluding hydrogens is 294 g/mol. The first kappa shape index (κ1) is 14.2. The van der Waals surface area contributed by atoms with Crippen molar-refractivity contribution in [2.45, 2.75) is 13.3 Å². The van der Waals surface area contributed by atoms with Crippen molar-refractivity contribution < 1.29 is 19.1 Å². The standard InChI is InChI=1S/C18H17NO4/c1-9(20)10-5-6-14(23-2)13(8-10)19-17(21)15-11-3-4-12(7-11)16(15)18(19)22/h3-6,8,11-12,15-16H,7H2,1-2H3/t11-,12-,15-,16-/m0/s1. The summed E-state index contributed by atoms with van der Waals surface area (Å²) in [6, 6.07) is 4.85. The van der Waals surface area contributed by atoms with E-state index >= 15 is 0 Å². The number of ether oxygens (including phenoxy) is 1. The molecule has 1 aromatic carbocycles. The number of carbonyl (C=O) groups is 3. The molecule has 1 aromatic rings. The van der Waals surface area contributed by atoms with Crippen LogP contribution in [0.15, 0.2) is 30.4 Å². The molecule has 1 saturated heterocycles. The van der Waals surface area contributed by atoms with Crippen LogP contribution >= 0.6 is 0 Å². The van der Waals surface area contributed by atoms with Crippen LogP contribution in [0.1, 0.15) is 23.7 Å². The molecule has 5 nitrogen and oxygen atoms in total. The Bertz CT molecular complexity index is 736. The summed E-state index contributed by atoms with van der Waals surface area (Å²) in [7, 11) is 1.49. The molecule has 4 atom stereocenters. The summed E-state index contributed by atoms with van der Waals surface area (Å²) in [6.45, 7) is 1.46. The van der Waals surface area contributed by atoms with Crippen molar-refractivity contribution in [3.05, 3.63) is 35.9 Å². The maximum atomic E-state index is 12.9. The minimum absolute atomic E-state index is 0.116. The van der Waals surface area contributed by atoms with E-state index in [0.29, 0.717) is 17.0 Å². The predicted octanol–water partition coefficient (Wildman–Crippen LogP) is 2.21. The number of anilines is 1. The lowest BCUT2D eigenvalue weighted by Crippen LogP contribution is -2.33. The van der Waals surface area contributed by atoms with Gasteiger partial charge in [0.05, 0.1) is 24.6 Å². The van der Waals surface area contributed by atoms with Crippen molar-refractivity contribution >= 4 is 23.3 Å². The van der Waals surface area contributed by atoms with E-state index in [-0.39, 0.29) is 41.3 Å². The number of rotatable bonds is 3. The van der Waals surface area contributed by atoms with Crippen LogP contribution in [0.2, 0.25) is 0 Å². The number of carbonyl (C=O) groups excluding carboxylic acids is 3. The quantitative estimate of drug-likeness (QED) is 0.488. The smallest absolute Gasteiger partial charge is 0.238 e. The molecule has 0 unspecified atom stereocenters. The van der Waals surface area contributed by atoms with Gasteiger partial charge in [-0.1, -0.05) is 12.2 Å². The number of imide groups is 1. The van der Waals surface area contributed by atoms with Gasteiger partial charge in [-0.25, -0.2) is 4.90 Å². The van der Waals surface area contributed by atoms with E-state index in [2.05, 4.69) is 12.2 Å². The highest BCUT2D eigenvalue weighted by molar-refractivity contribution is 6.23. The second-order valence-corrected chi connectivity index (χ2v) is 6.45. The van der Waals surface area contributed by atoms with Crippen molar-refractivity contribution in [1.82, 2.24) is 0 Å². The molecule has 118 valence electrons. The maximum absolute atomic E-state index is 12.9. The van der Waals surface area contributed by atoms with Gasteiger partial charge in [0, 0.05) is 5.56 Å². The zero-order valence-electron chi connectivity index (χ0n) is 13.0. The van der Waals surface area contributed by atoms with E-state index in [4.69, 9.17) is 4.74 Å². The molecule has 0 aromatic heterocycles. The summed E-state index contributed by atoms with van der Waals surface area (Å²) in [6.07, 6.45) is 5.01. The van der Waals surface area contributed by atoms with Gasteiger partial charge in [0.2, 0.25) is 11.8 Å². The van der Waals surface area contributed by atoms with Crippen LogP contribution in [-0.2, 0) is 9.59 Å². The summed E-state index contributed by atoms with van der Waals surface area (Å²) < 4.78 is 5.31. The minimum atomic E-state index is -0.261. The van der Waals surface area contributed by atoms with Gasteiger partial charge in [-0.15, -0.1) is 0 Å². The van der Waals surface area contributed by atoms with Gasteiger partial charge in [0.25, 0.3) is 0 Å². The van der Waals surface area contributed by atoms with Gasteiger partial charge < -0.3 is 4.74 Å². The van der Waals surface area contributed by atoms with Crippen molar-refractivity contribution in [2.24, 2.45) is 23.7 Å². The summed E-state index contributed by atoms with van der Waals surface area (Å²) in [5, 5.41) is 0. The van der Waals surface area contributed by atoms with E-state index in [1.165, 1.54) is 18.9 Å². The van der Waals surface area contributed by atoms with Crippen LogP contribution in [0.3, 0.4) is 0 Å². The Morgan fingerprint density at radius 2 is 1.74 bits per heavy atom. The Hall–Kier alpha value is -2.43. The first-order valence-electron chi connectivity index (χ1n) is 7.78. The van der Waals surface area contributed by atoms with Gasteiger partial charge in [-0.3, -0.25) is 14.4 Å². The second kappa shape index (κ2) is 4.78. The SMILES string of the molecule is COc1ccc(C(C)=O)cc1N1C(=O)[C@@H]2[C@@H](C1=O)[C@H]1C=C[C@H]2C1. The average Bonchev–Trinajstić information content (AvgIpc) is 3.21. The van der Waals surface area contributed by atoms with Gasteiger partial charge in [0.15, 0.2) is 5.78 Å². The largest absolute Gasteiger partial charge is 0.495 e. The van der Waals surface area contributed by atoms with Crippen molar-refractivity contribution in [3.63, 3.8) is 0 Å². The highest BCUT2D eigenvalue weighted by Gasteiger charge is 2.59. The number of amides is 2. The Kier molecular flexibility index (Phi) is 2.95. The van der Waals surface area contributed by atoms with Crippen molar-refractivity contribution in [2.75, 3.05) is 12.0 Å². The Labute approximate surface area is 133 Å². The number of allylic oxidation sites excluding steroid dienone is 2. The molecule has 1 heterocycles. The Morgan fingerprint density at radius 1 is 1.13 bits per heavy atom. The Balaban J connectivity index is 1.80. The van der Waals surface area contributed by atoms with Gasteiger partial charge in [0.1, 0.15) is 5.75 Å². The zero-order chi connectivity index (χ0) is 16.3. The molecule has 0 radical (unpaired) electrons. The molecule has 0 N–H and O–H groups in total. The first-order chi connectivity index (χ1) is 11.0. The fourth-order valence-electron chi connectivity index (χ4n) is 4.22. The molecule has 2 aliphatic carbocycles. The van der Waals surface area contributed by atoms with Crippen LogP contribution in [0.25, 0.3) is 0 Å². The zero-order valence-corrected chi connectivity index (χ0v) is 13.0. The molecule has 5 heteroatoms. The van der Waals surface area contributed by atoms with E-state index in [9.17, 15) is 14.4 Å². The fraction of sp³-hybridized carbons (Fsp3) is 0.389. The normalized spacial score (nSPS) is 31.0. The molecule has 0 spiro atoms. The topological polar surface area (TPSA) is 63.7 Å². The van der Waals surface area contributed by atoms with Crippen LogP contribution in [0.5, 0.6) is 5.75 Å². The summed E-state index contributed by atoms with van der Waals surface area (Å²) in [4.78, 5) is 38.6. The minimum Gasteiger partial charge on any atom is -0.495 e. The molecular formula is C18H17NO4. The average molecular weight is 311 g/mol. The van der Waals surface area contributed by atoms with E-state index in [1.807, 2.05) is 0 Å². The number of Topliss-reactive ketones (excluding diaryl/α,β-unsaturated/α-hetero) is 1. The molecule has 2 bridgehead atoms. The molecule has 1 saturated carbocycles. The van der Waals surface area contributed by atoms with E-state index in [1.54, 1.807) is 18.2 Å². The second-order valence-electron chi connectivity index (χ2n) is 6.45. The summed E-state index contributed by atoms with van der Waals surface area (Å²) >= 11 is 0. The molecule has 2 amide bonds. The first-order valence-corrected chi connectivity index (χ1v) is 7.78. The molecule has 4 rings (SSSR count). The molecule has 2 fully saturated rings. The third-order valence-corrected chi connectivity index (χ3v) is 5.30. The van der Waals surface area contributed by atoms with E-state index in [0.717, 1.165) is 6.42 Å². The number of hydrogen-bond donors (Lipinski definition) is 0. The lowest BCUT2D eigenvalue weighted by atomic mass is 9.85. The highest BCUT2D eigenvalue weighted by atomic mass is 16.5. The maximum Gasteiger partial charge on any atom is 0.238 e. The van der Waals surface area contributed by atoms with Crippen molar-refractivity contribution in [3.8, 4) is 5.75 Å². The van der Waals surface area contributed by atoms with Crippen molar-refractivity contribution in [1.29, 1.82) is 0 Å². The summed E-state index contributed by atoms with van der Waals surface area (Å²) in [5.74, 6) is -0.230.